The van der Waals surface area contributed by atoms with Crippen LogP contribution in [0.5, 0.6) is 0 Å². The van der Waals surface area contributed by atoms with Gasteiger partial charge in [-0.2, -0.15) is 13.2 Å². The van der Waals surface area contributed by atoms with E-state index in [9.17, 15) is 13.2 Å². The molecule has 0 aromatic carbocycles. The number of rotatable bonds is 3. The van der Waals surface area contributed by atoms with Crippen LogP contribution in [-0.4, -0.2) is 16.7 Å². The van der Waals surface area contributed by atoms with Gasteiger partial charge in [0.15, 0.2) is 0 Å². The van der Waals surface area contributed by atoms with E-state index < -0.39 is 11.2 Å². The van der Waals surface area contributed by atoms with E-state index in [1.165, 1.54) is 0 Å². The summed E-state index contributed by atoms with van der Waals surface area (Å²) in [6, 6.07) is 0. The van der Waals surface area contributed by atoms with Crippen molar-refractivity contribution in [3.8, 4) is 0 Å². The maximum absolute atomic E-state index is 12.1. The highest BCUT2D eigenvalue weighted by Gasteiger charge is 2.35. The van der Waals surface area contributed by atoms with Gasteiger partial charge >= 0.3 is 6.18 Å². The lowest BCUT2D eigenvalue weighted by molar-refractivity contribution is -0.138. The van der Waals surface area contributed by atoms with E-state index >= 15 is 0 Å². The predicted molar refractivity (Wildman–Crippen MR) is 46.1 cm³/mol. The van der Waals surface area contributed by atoms with Gasteiger partial charge in [-0.3, -0.25) is 0 Å². The molecule has 1 heterocycles. The molecule has 0 spiro atoms. The Morgan fingerprint density at radius 3 is 2.57 bits per heavy atom. The first-order chi connectivity index (χ1) is 6.55. The molecule has 3 nitrogen and oxygen atoms in total. The van der Waals surface area contributed by atoms with Gasteiger partial charge in [0.1, 0.15) is 0 Å². The number of halogens is 3. The molecule has 0 saturated heterocycles. The SMILES string of the molecule is FC(F)(F)c1nnc(NCC2CC2)s1. The summed E-state index contributed by atoms with van der Waals surface area (Å²) in [6.45, 7) is 0.701. The van der Waals surface area contributed by atoms with Crippen molar-refractivity contribution in [1.29, 1.82) is 0 Å². The van der Waals surface area contributed by atoms with E-state index in [2.05, 4.69) is 15.5 Å². The zero-order valence-corrected chi connectivity index (χ0v) is 7.95. The highest BCUT2D eigenvalue weighted by Crippen LogP contribution is 2.34. The standard InChI is InChI=1S/C7H8F3N3S/c8-7(9,10)5-12-13-6(14-5)11-3-4-1-2-4/h4H,1-3H2,(H,11,13). The smallest absolute Gasteiger partial charge is 0.360 e. The highest BCUT2D eigenvalue weighted by atomic mass is 32.1. The minimum Gasteiger partial charge on any atom is -0.360 e. The van der Waals surface area contributed by atoms with Crippen LogP contribution in [0.1, 0.15) is 17.8 Å². The molecule has 0 aliphatic heterocycles. The molecule has 0 amide bonds. The van der Waals surface area contributed by atoms with Crippen molar-refractivity contribution in [3.05, 3.63) is 5.01 Å². The van der Waals surface area contributed by atoms with Crippen LogP contribution in [-0.2, 0) is 6.18 Å². The van der Waals surface area contributed by atoms with Gasteiger partial charge in [0.2, 0.25) is 10.1 Å². The molecule has 14 heavy (non-hydrogen) atoms. The van der Waals surface area contributed by atoms with Gasteiger partial charge in [-0.05, 0) is 18.8 Å². The molecule has 1 aromatic heterocycles. The van der Waals surface area contributed by atoms with Gasteiger partial charge in [-0.25, -0.2) is 0 Å². The molecule has 78 valence electrons. The molecule has 0 radical (unpaired) electrons. The van der Waals surface area contributed by atoms with Gasteiger partial charge in [-0.15, -0.1) is 10.2 Å². The van der Waals surface area contributed by atoms with E-state index in [-0.39, 0.29) is 5.13 Å². The van der Waals surface area contributed by atoms with Crippen LogP contribution < -0.4 is 5.32 Å². The first kappa shape index (κ1) is 9.70. The van der Waals surface area contributed by atoms with Crippen LogP contribution in [0.25, 0.3) is 0 Å². The molecule has 0 atom stereocenters. The minimum atomic E-state index is -4.38. The third-order valence-electron chi connectivity index (χ3n) is 1.91. The molecular weight excluding hydrogens is 215 g/mol. The van der Waals surface area contributed by atoms with Crippen molar-refractivity contribution in [2.75, 3.05) is 11.9 Å². The normalized spacial score (nSPS) is 17.1. The van der Waals surface area contributed by atoms with Gasteiger partial charge in [0.25, 0.3) is 0 Å². The molecule has 1 aromatic rings. The Bertz CT molecular complexity index is 318. The number of anilines is 1. The summed E-state index contributed by atoms with van der Waals surface area (Å²) in [5.74, 6) is 0.605. The molecule has 1 aliphatic rings. The van der Waals surface area contributed by atoms with Crippen LogP contribution >= 0.6 is 11.3 Å². The Morgan fingerprint density at radius 2 is 2.07 bits per heavy atom. The molecule has 1 N–H and O–H groups in total. The second kappa shape index (κ2) is 3.38. The summed E-state index contributed by atoms with van der Waals surface area (Å²) in [4.78, 5) is 0. The second-order valence-electron chi connectivity index (χ2n) is 3.23. The van der Waals surface area contributed by atoms with Gasteiger partial charge in [0.05, 0.1) is 0 Å². The fraction of sp³-hybridized carbons (Fsp3) is 0.714. The lowest BCUT2D eigenvalue weighted by Gasteiger charge is -1.98. The lowest BCUT2D eigenvalue weighted by atomic mass is 10.4. The largest absolute Gasteiger partial charge is 0.445 e. The third kappa shape index (κ3) is 2.34. The Kier molecular flexibility index (Phi) is 2.34. The Labute approximate surface area is 82.3 Å². The molecule has 0 bridgehead atoms. The van der Waals surface area contributed by atoms with Crippen LogP contribution in [0.4, 0.5) is 18.3 Å². The van der Waals surface area contributed by atoms with Crippen molar-refractivity contribution in [1.82, 2.24) is 10.2 Å². The Balaban J connectivity index is 1.94. The summed E-state index contributed by atoms with van der Waals surface area (Å²) in [6.07, 6.45) is -2.08. The average molecular weight is 223 g/mol. The summed E-state index contributed by atoms with van der Waals surface area (Å²) in [7, 11) is 0. The number of nitrogens with one attached hydrogen (secondary N) is 1. The minimum absolute atomic E-state index is 0.254. The van der Waals surface area contributed by atoms with Crippen molar-refractivity contribution in [2.45, 2.75) is 19.0 Å². The fourth-order valence-corrected chi connectivity index (χ4v) is 1.58. The number of hydrogen-bond acceptors (Lipinski definition) is 4. The zero-order valence-electron chi connectivity index (χ0n) is 7.14. The maximum Gasteiger partial charge on any atom is 0.445 e. The lowest BCUT2D eigenvalue weighted by Crippen LogP contribution is -2.03. The van der Waals surface area contributed by atoms with E-state index in [4.69, 9.17) is 0 Å². The third-order valence-corrected chi connectivity index (χ3v) is 2.83. The summed E-state index contributed by atoms with van der Waals surface area (Å²) in [5, 5.41) is 8.69. The fourth-order valence-electron chi connectivity index (χ4n) is 0.963. The number of nitrogens with zero attached hydrogens (tertiary/aromatic N) is 2. The van der Waals surface area contributed by atoms with E-state index in [0.29, 0.717) is 23.8 Å². The maximum atomic E-state index is 12.1. The van der Waals surface area contributed by atoms with E-state index in [1.54, 1.807) is 0 Å². The topological polar surface area (TPSA) is 37.8 Å². The number of aromatic nitrogens is 2. The van der Waals surface area contributed by atoms with Crippen LogP contribution in [0, 0.1) is 5.92 Å². The van der Waals surface area contributed by atoms with Crippen LogP contribution in [0.2, 0.25) is 0 Å². The first-order valence-electron chi connectivity index (χ1n) is 4.20. The molecule has 1 fully saturated rings. The van der Waals surface area contributed by atoms with Crippen molar-refractivity contribution in [3.63, 3.8) is 0 Å². The summed E-state index contributed by atoms with van der Waals surface area (Å²) >= 11 is 0.551. The number of alkyl halides is 3. The first-order valence-corrected chi connectivity index (χ1v) is 5.02. The monoisotopic (exact) mass is 223 g/mol. The predicted octanol–water partition coefficient (Wildman–Crippen LogP) is 2.38. The molecule has 1 saturated carbocycles. The summed E-state index contributed by atoms with van der Waals surface area (Å²) in [5.41, 5.74) is 0. The van der Waals surface area contributed by atoms with Gasteiger partial charge < -0.3 is 5.32 Å². The molecule has 1 aliphatic carbocycles. The molecule has 0 unspecified atom stereocenters. The van der Waals surface area contributed by atoms with Gasteiger partial charge in [-0.1, -0.05) is 11.3 Å². The van der Waals surface area contributed by atoms with E-state index in [1.807, 2.05) is 0 Å². The molecular formula is C7H8F3N3S. The molecule has 2 rings (SSSR count). The van der Waals surface area contributed by atoms with Crippen molar-refractivity contribution in [2.24, 2.45) is 5.92 Å². The Morgan fingerprint density at radius 1 is 1.36 bits per heavy atom. The quantitative estimate of drug-likeness (QED) is 0.854. The zero-order chi connectivity index (χ0) is 10.2. The molecule has 7 heteroatoms. The number of hydrogen-bond donors (Lipinski definition) is 1. The Hall–Kier alpha value is -0.850. The summed E-state index contributed by atoms with van der Waals surface area (Å²) < 4.78 is 36.3. The van der Waals surface area contributed by atoms with Crippen LogP contribution in [0.15, 0.2) is 0 Å². The van der Waals surface area contributed by atoms with Crippen molar-refractivity contribution >= 4 is 16.5 Å². The van der Waals surface area contributed by atoms with Crippen LogP contribution in [0.3, 0.4) is 0 Å². The second-order valence-corrected chi connectivity index (χ2v) is 4.21. The van der Waals surface area contributed by atoms with Gasteiger partial charge in [0, 0.05) is 6.54 Å². The van der Waals surface area contributed by atoms with E-state index in [0.717, 1.165) is 12.8 Å². The average Bonchev–Trinajstić information content (AvgIpc) is 2.77. The highest BCUT2D eigenvalue weighted by molar-refractivity contribution is 7.15. The van der Waals surface area contributed by atoms with Crippen molar-refractivity contribution < 1.29 is 13.2 Å².